The van der Waals surface area contributed by atoms with E-state index in [1.807, 2.05) is 45.9 Å². The van der Waals surface area contributed by atoms with Gasteiger partial charge in [-0.15, -0.1) is 0 Å². The van der Waals surface area contributed by atoms with E-state index < -0.39 is 0 Å². The van der Waals surface area contributed by atoms with E-state index in [0.29, 0.717) is 0 Å². The average molecular weight is 250 g/mol. The minimum Gasteiger partial charge on any atom is -0.308 e. The molecule has 3 aromatic rings. The predicted octanol–water partition coefficient (Wildman–Crippen LogP) is 2.97. The fourth-order valence-corrected chi connectivity index (χ4v) is 2.08. The molecule has 2 heterocycles. The van der Waals surface area contributed by atoms with Crippen LogP contribution >= 0.6 is 0 Å². The lowest BCUT2D eigenvalue weighted by atomic mass is 10.1. The third-order valence-corrected chi connectivity index (χ3v) is 3.02. The van der Waals surface area contributed by atoms with Gasteiger partial charge in [-0.05, 0) is 13.0 Å². The van der Waals surface area contributed by atoms with Gasteiger partial charge in [0.25, 0.3) is 0 Å². The van der Waals surface area contributed by atoms with Crippen molar-refractivity contribution in [2.75, 3.05) is 0 Å². The molecule has 0 saturated heterocycles. The number of benzene rings is 1. The first-order valence-electron chi connectivity index (χ1n) is 6.11. The Kier molecular flexibility index (Phi) is 2.98. The van der Waals surface area contributed by atoms with E-state index >= 15 is 0 Å². The maximum atomic E-state index is 4.35. The highest BCUT2D eigenvalue weighted by atomic mass is 15.3. The topological polar surface area (TPSA) is 35.6 Å². The van der Waals surface area contributed by atoms with Crippen molar-refractivity contribution in [3.05, 3.63) is 73.1 Å². The number of nitrogens with zero attached hydrogens (tertiary/aromatic N) is 4. The third-order valence-electron chi connectivity index (χ3n) is 3.02. The van der Waals surface area contributed by atoms with E-state index in [0.717, 1.165) is 17.0 Å². The Labute approximate surface area is 111 Å². The highest BCUT2D eigenvalue weighted by Crippen LogP contribution is 2.22. The van der Waals surface area contributed by atoms with Crippen LogP contribution in [0.5, 0.6) is 0 Å². The van der Waals surface area contributed by atoms with E-state index in [1.54, 1.807) is 18.7 Å². The summed E-state index contributed by atoms with van der Waals surface area (Å²) in [5.74, 6) is 0. The number of hydrogen-bond donors (Lipinski definition) is 0. The molecule has 0 N–H and O–H groups in total. The molecule has 0 spiro atoms. The molecule has 0 radical (unpaired) electrons. The van der Waals surface area contributed by atoms with Gasteiger partial charge in [0.15, 0.2) is 0 Å². The Hall–Kier alpha value is -2.62. The molecule has 0 saturated carbocycles. The van der Waals surface area contributed by atoms with E-state index in [-0.39, 0.29) is 0 Å². The van der Waals surface area contributed by atoms with Gasteiger partial charge in [-0.3, -0.25) is 0 Å². The van der Waals surface area contributed by atoms with Crippen LogP contribution in [0.1, 0.15) is 12.5 Å². The van der Waals surface area contributed by atoms with E-state index in [4.69, 9.17) is 0 Å². The fourth-order valence-electron chi connectivity index (χ4n) is 2.08. The summed E-state index contributed by atoms with van der Waals surface area (Å²) in [6.07, 6.45) is 9.23. The molecule has 4 heteroatoms. The van der Waals surface area contributed by atoms with Crippen molar-refractivity contribution in [2.45, 2.75) is 6.92 Å². The van der Waals surface area contributed by atoms with Crippen LogP contribution in [0.3, 0.4) is 0 Å². The van der Waals surface area contributed by atoms with Crippen molar-refractivity contribution in [3.8, 4) is 0 Å². The van der Waals surface area contributed by atoms with Gasteiger partial charge in [0.2, 0.25) is 0 Å². The normalized spacial score (nSPS) is 12.3. The summed E-state index contributed by atoms with van der Waals surface area (Å²) in [6.45, 7) is 2.06. The van der Waals surface area contributed by atoms with Gasteiger partial charge in [0.1, 0.15) is 0 Å². The summed E-state index contributed by atoms with van der Waals surface area (Å²) < 4.78 is 3.87. The van der Waals surface area contributed by atoms with Crippen LogP contribution in [0.15, 0.2) is 67.5 Å². The number of imidazole rings is 1. The molecule has 0 aliphatic carbocycles. The zero-order chi connectivity index (χ0) is 13.1. The molecule has 2 aromatic heterocycles. The molecule has 0 bridgehead atoms. The molecule has 4 nitrogen and oxygen atoms in total. The Balaban J connectivity index is 2.21. The van der Waals surface area contributed by atoms with Crippen LogP contribution in [0.4, 0.5) is 0 Å². The number of aromatic nitrogens is 4. The Bertz CT molecular complexity index is 664. The quantitative estimate of drug-likeness (QED) is 0.716. The van der Waals surface area contributed by atoms with Crippen LogP contribution in [0, 0.1) is 0 Å². The van der Waals surface area contributed by atoms with Gasteiger partial charge in [-0.1, -0.05) is 30.3 Å². The van der Waals surface area contributed by atoms with Crippen LogP contribution in [0.2, 0.25) is 0 Å². The van der Waals surface area contributed by atoms with Gasteiger partial charge >= 0.3 is 0 Å². The first-order chi connectivity index (χ1) is 9.36. The molecule has 0 aliphatic heterocycles. The Morgan fingerprint density at radius 1 is 1.00 bits per heavy atom. The average Bonchev–Trinajstić information content (AvgIpc) is 3.13. The Morgan fingerprint density at radius 3 is 2.47 bits per heavy atom. The second-order valence-electron chi connectivity index (χ2n) is 4.22. The molecule has 0 aliphatic rings. The first-order valence-corrected chi connectivity index (χ1v) is 6.11. The largest absolute Gasteiger partial charge is 0.308 e. The predicted molar refractivity (Wildman–Crippen MR) is 75.1 cm³/mol. The van der Waals surface area contributed by atoms with Crippen molar-refractivity contribution in [1.29, 1.82) is 0 Å². The summed E-state index contributed by atoms with van der Waals surface area (Å²) in [5.41, 5.74) is 3.24. The first kappa shape index (κ1) is 11.5. The van der Waals surface area contributed by atoms with Gasteiger partial charge < -0.3 is 4.57 Å². The minimum absolute atomic E-state index is 1.05. The van der Waals surface area contributed by atoms with Crippen molar-refractivity contribution in [1.82, 2.24) is 19.3 Å². The molecule has 19 heavy (non-hydrogen) atoms. The summed E-state index contributed by atoms with van der Waals surface area (Å²) in [7, 11) is 0. The summed E-state index contributed by atoms with van der Waals surface area (Å²) in [4.78, 5) is 4.10. The maximum Gasteiger partial charge on any atom is 0.0989 e. The number of allylic oxidation sites excluding steroid dienone is 1. The molecule has 0 amide bonds. The molecule has 1 aromatic carbocycles. The van der Waals surface area contributed by atoms with Crippen LogP contribution in [-0.2, 0) is 0 Å². The summed E-state index contributed by atoms with van der Waals surface area (Å²) in [6, 6.07) is 12.1. The SMILES string of the molecule is CC(=C(c1ccccc1)n1cccn1)n1ccnc1. The number of rotatable bonds is 3. The lowest BCUT2D eigenvalue weighted by molar-refractivity contribution is 0.894. The van der Waals surface area contributed by atoms with E-state index in [2.05, 4.69) is 29.1 Å². The van der Waals surface area contributed by atoms with Gasteiger partial charge in [0, 0.05) is 36.0 Å². The van der Waals surface area contributed by atoms with E-state index in [9.17, 15) is 0 Å². The molecular weight excluding hydrogens is 236 g/mol. The Morgan fingerprint density at radius 2 is 1.84 bits per heavy atom. The summed E-state index contributed by atoms with van der Waals surface area (Å²) >= 11 is 0. The second-order valence-corrected chi connectivity index (χ2v) is 4.22. The monoisotopic (exact) mass is 250 g/mol. The summed E-state index contributed by atoms with van der Waals surface area (Å²) in [5, 5.41) is 4.35. The fraction of sp³-hybridized carbons (Fsp3) is 0.0667. The lowest BCUT2D eigenvalue weighted by Gasteiger charge is -2.13. The highest BCUT2D eigenvalue weighted by Gasteiger charge is 2.09. The van der Waals surface area contributed by atoms with Crippen LogP contribution in [0.25, 0.3) is 11.4 Å². The molecule has 0 atom stereocenters. The third kappa shape index (κ3) is 2.20. The molecule has 3 rings (SSSR count). The number of hydrogen-bond acceptors (Lipinski definition) is 2. The van der Waals surface area contributed by atoms with Crippen molar-refractivity contribution in [2.24, 2.45) is 0 Å². The van der Waals surface area contributed by atoms with Crippen molar-refractivity contribution >= 4 is 11.4 Å². The van der Waals surface area contributed by atoms with Gasteiger partial charge in [0.05, 0.1) is 12.0 Å². The smallest absolute Gasteiger partial charge is 0.0989 e. The maximum absolute atomic E-state index is 4.35. The molecule has 0 fully saturated rings. The van der Waals surface area contributed by atoms with Gasteiger partial charge in [-0.2, -0.15) is 5.10 Å². The van der Waals surface area contributed by atoms with Crippen LogP contribution in [-0.4, -0.2) is 19.3 Å². The van der Waals surface area contributed by atoms with Crippen molar-refractivity contribution in [3.63, 3.8) is 0 Å². The zero-order valence-electron chi connectivity index (χ0n) is 10.6. The second kappa shape index (κ2) is 4.94. The van der Waals surface area contributed by atoms with Gasteiger partial charge in [-0.25, -0.2) is 9.67 Å². The van der Waals surface area contributed by atoms with Crippen LogP contribution < -0.4 is 0 Å². The molecule has 0 unspecified atom stereocenters. The molecule has 94 valence electrons. The standard InChI is InChI=1S/C15H14N4/c1-13(18-11-9-16-12-18)15(19-10-5-8-17-19)14-6-3-2-4-7-14/h2-12H,1H3. The molecular formula is C15H14N4. The lowest BCUT2D eigenvalue weighted by Crippen LogP contribution is -2.05. The minimum atomic E-state index is 1.05. The van der Waals surface area contributed by atoms with E-state index in [1.165, 1.54) is 0 Å². The highest BCUT2D eigenvalue weighted by molar-refractivity contribution is 5.81. The van der Waals surface area contributed by atoms with Crippen molar-refractivity contribution < 1.29 is 0 Å². The zero-order valence-corrected chi connectivity index (χ0v) is 10.6.